The number of carbonyl (C=O) groups excluding carboxylic acids is 1. The summed E-state index contributed by atoms with van der Waals surface area (Å²) in [7, 11) is 0. The second-order valence-corrected chi connectivity index (χ2v) is 7.02. The van der Waals surface area contributed by atoms with Crippen LogP contribution < -0.4 is 10.4 Å². The number of rotatable bonds is 5. The van der Waals surface area contributed by atoms with Crippen LogP contribution in [0.15, 0.2) is 0 Å². The normalized spacial score (nSPS) is 17.5. The molecule has 0 fully saturated rings. The summed E-state index contributed by atoms with van der Waals surface area (Å²) in [6.07, 6.45) is 4.18. The molecule has 0 amide bonds. The summed E-state index contributed by atoms with van der Waals surface area (Å²) in [5, 5.41) is 15.0. The van der Waals surface area contributed by atoms with Crippen molar-refractivity contribution < 1.29 is 9.90 Å². The maximum absolute atomic E-state index is 10.5. The Bertz CT molecular complexity index is 711. The summed E-state index contributed by atoms with van der Waals surface area (Å²) >= 11 is 1.78. The molecule has 0 aliphatic heterocycles. The lowest BCUT2D eigenvalue weighted by atomic mass is 9.87. The standard InChI is InChI=1S/C16H21N3O2S/c1-9-5-3-6-11-13(9)14-15(17-8-4-7-12(20)21)18-10(2)19-16(14)22-11/h9H,3-8H2,1-2H3,(H,20,21)(H,17,18,19)/p-1/t9-/m1/s1. The Morgan fingerprint density at radius 2 is 2.27 bits per heavy atom. The number of carboxylic acid groups (broad SMARTS) is 1. The SMILES string of the molecule is Cc1nc(NCCCC(=O)[O-])c2c3c(sc2n1)CCC[C@H]3C. The fourth-order valence-corrected chi connectivity index (χ4v) is 4.54. The topological polar surface area (TPSA) is 77.9 Å². The molecule has 22 heavy (non-hydrogen) atoms. The van der Waals surface area contributed by atoms with Crippen molar-refractivity contribution >= 4 is 33.3 Å². The third-order valence-corrected chi connectivity index (χ3v) is 5.32. The first-order valence-corrected chi connectivity index (χ1v) is 8.61. The molecule has 2 aromatic rings. The minimum Gasteiger partial charge on any atom is -0.550 e. The number of nitrogens with one attached hydrogen (secondary N) is 1. The molecule has 0 radical (unpaired) electrons. The van der Waals surface area contributed by atoms with Crippen LogP contribution in [0.2, 0.25) is 0 Å². The molecule has 0 aromatic carbocycles. The molecule has 3 rings (SSSR count). The van der Waals surface area contributed by atoms with Gasteiger partial charge in [-0.1, -0.05) is 6.92 Å². The lowest BCUT2D eigenvalue weighted by molar-refractivity contribution is -0.305. The number of nitrogens with zero attached hydrogens (tertiary/aromatic N) is 2. The Labute approximate surface area is 133 Å². The van der Waals surface area contributed by atoms with Gasteiger partial charge in [-0.15, -0.1) is 11.3 Å². The second-order valence-electron chi connectivity index (χ2n) is 5.93. The third kappa shape index (κ3) is 2.92. The van der Waals surface area contributed by atoms with Crippen LogP contribution in [0.1, 0.15) is 54.8 Å². The molecule has 0 unspecified atom stereocenters. The maximum atomic E-state index is 10.5. The molecule has 0 saturated heterocycles. The maximum Gasteiger partial charge on any atom is 0.138 e. The van der Waals surface area contributed by atoms with Crippen molar-refractivity contribution in [1.82, 2.24) is 9.97 Å². The predicted octanol–water partition coefficient (Wildman–Crippen LogP) is 2.38. The van der Waals surface area contributed by atoms with Crippen molar-refractivity contribution in [2.45, 2.75) is 51.9 Å². The molecule has 5 nitrogen and oxygen atoms in total. The number of fused-ring (bicyclic) bond motifs is 3. The number of carbonyl (C=O) groups is 1. The van der Waals surface area contributed by atoms with Crippen LogP contribution >= 0.6 is 11.3 Å². The van der Waals surface area contributed by atoms with E-state index in [1.807, 2.05) is 6.92 Å². The van der Waals surface area contributed by atoms with E-state index in [9.17, 15) is 9.90 Å². The van der Waals surface area contributed by atoms with Gasteiger partial charge in [0.1, 0.15) is 16.5 Å². The van der Waals surface area contributed by atoms with Gasteiger partial charge in [-0.25, -0.2) is 9.97 Å². The quantitative estimate of drug-likeness (QED) is 0.856. The van der Waals surface area contributed by atoms with Crippen LogP contribution in [0.5, 0.6) is 0 Å². The molecule has 0 bridgehead atoms. The average molecular weight is 318 g/mol. The zero-order valence-corrected chi connectivity index (χ0v) is 13.8. The van der Waals surface area contributed by atoms with Crippen LogP contribution in [0, 0.1) is 6.92 Å². The summed E-state index contributed by atoms with van der Waals surface area (Å²) in [6, 6.07) is 0. The minimum atomic E-state index is -1.01. The molecule has 2 heterocycles. The number of carboxylic acids is 1. The molecule has 6 heteroatoms. The molecule has 1 aliphatic carbocycles. The molecule has 1 aliphatic rings. The fraction of sp³-hybridized carbons (Fsp3) is 0.562. The Kier molecular flexibility index (Phi) is 4.29. The number of hydrogen-bond acceptors (Lipinski definition) is 6. The van der Waals surface area contributed by atoms with Crippen LogP contribution in [-0.4, -0.2) is 22.5 Å². The highest BCUT2D eigenvalue weighted by molar-refractivity contribution is 7.19. The van der Waals surface area contributed by atoms with E-state index in [0.717, 1.165) is 28.3 Å². The van der Waals surface area contributed by atoms with Crippen molar-refractivity contribution in [3.63, 3.8) is 0 Å². The Morgan fingerprint density at radius 1 is 1.45 bits per heavy atom. The van der Waals surface area contributed by atoms with Gasteiger partial charge in [0, 0.05) is 17.4 Å². The number of aromatic nitrogens is 2. The fourth-order valence-electron chi connectivity index (χ4n) is 3.16. The zero-order valence-electron chi connectivity index (χ0n) is 12.9. The van der Waals surface area contributed by atoms with E-state index in [2.05, 4.69) is 22.2 Å². The molecule has 1 N–H and O–H groups in total. The van der Waals surface area contributed by atoms with E-state index >= 15 is 0 Å². The van der Waals surface area contributed by atoms with E-state index in [-0.39, 0.29) is 6.42 Å². The molecule has 0 spiro atoms. The van der Waals surface area contributed by atoms with Crippen LogP contribution in [-0.2, 0) is 11.2 Å². The van der Waals surface area contributed by atoms with Gasteiger partial charge in [0.2, 0.25) is 0 Å². The molecule has 0 saturated carbocycles. The first-order valence-electron chi connectivity index (χ1n) is 7.80. The summed E-state index contributed by atoms with van der Waals surface area (Å²) in [4.78, 5) is 22.1. The van der Waals surface area contributed by atoms with Crippen LogP contribution in [0.25, 0.3) is 10.2 Å². The first-order chi connectivity index (χ1) is 10.6. The highest BCUT2D eigenvalue weighted by Gasteiger charge is 2.25. The van der Waals surface area contributed by atoms with E-state index in [0.29, 0.717) is 18.9 Å². The van der Waals surface area contributed by atoms with Gasteiger partial charge in [0.15, 0.2) is 0 Å². The van der Waals surface area contributed by atoms with Gasteiger partial charge in [-0.3, -0.25) is 0 Å². The predicted molar refractivity (Wildman–Crippen MR) is 86.2 cm³/mol. The highest BCUT2D eigenvalue weighted by Crippen LogP contribution is 2.43. The number of anilines is 1. The number of hydrogen-bond donors (Lipinski definition) is 1. The number of aliphatic carboxylic acids is 1. The lowest BCUT2D eigenvalue weighted by Crippen LogP contribution is -2.22. The van der Waals surface area contributed by atoms with Gasteiger partial charge in [-0.05, 0) is 50.5 Å². The van der Waals surface area contributed by atoms with Crippen LogP contribution in [0.4, 0.5) is 5.82 Å². The summed E-state index contributed by atoms with van der Waals surface area (Å²) in [6.45, 7) is 4.75. The lowest BCUT2D eigenvalue weighted by Gasteiger charge is -2.19. The van der Waals surface area contributed by atoms with Crippen molar-refractivity contribution in [3.05, 3.63) is 16.3 Å². The number of thiophene rings is 1. The van der Waals surface area contributed by atoms with E-state index in [4.69, 9.17) is 0 Å². The molecular weight excluding hydrogens is 298 g/mol. The van der Waals surface area contributed by atoms with E-state index in [1.165, 1.54) is 23.3 Å². The van der Waals surface area contributed by atoms with E-state index in [1.54, 1.807) is 11.3 Å². The van der Waals surface area contributed by atoms with E-state index < -0.39 is 5.97 Å². The van der Waals surface area contributed by atoms with Crippen molar-refractivity contribution in [2.24, 2.45) is 0 Å². The summed E-state index contributed by atoms with van der Waals surface area (Å²) in [5.74, 6) is 1.13. The zero-order chi connectivity index (χ0) is 15.7. The highest BCUT2D eigenvalue weighted by atomic mass is 32.1. The van der Waals surface area contributed by atoms with Crippen molar-refractivity contribution in [1.29, 1.82) is 0 Å². The van der Waals surface area contributed by atoms with Gasteiger partial charge in [0.25, 0.3) is 0 Å². The smallest absolute Gasteiger partial charge is 0.138 e. The molecule has 2 aromatic heterocycles. The van der Waals surface area contributed by atoms with Crippen molar-refractivity contribution in [2.75, 3.05) is 11.9 Å². The molecule has 1 atom stereocenters. The summed E-state index contributed by atoms with van der Waals surface area (Å²) < 4.78 is 0. The van der Waals surface area contributed by atoms with Gasteiger partial charge < -0.3 is 15.2 Å². The largest absolute Gasteiger partial charge is 0.550 e. The van der Waals surface area contributed by atoms with Gasteiger partial charge >= 0.3 is 0 Å². The Hall–Kier alpha value is -1.69. The Balaban J connectivity index is 1.94. The molecular formula is C16H20N3O2S-. The summed E-state index contributed by atoms with van der Waals surface area (Å²) in [5.41, 5.74) is 1.40. The van der Waals surface area contributed by atoms with Crippen molar-refractivity contribution in [3.8, 4) is 0 Å². The first kappa shape index (κ1) is 15.2. The third-order valence-electron chi connectivity index (χ3n) is 4.16. The van der Waals surface area contributed by atoms with Gasteiger partial charge in [0.05, 0.1) is 5.39 Å². The molecule has 118 valence electrons. The Morgan fingerprint density at radius 3 is 3.05 bits per heavy atom. The monoisotopic (exact) mass is 318 g/mol. The minimum absolute atomic E-state index is 0.0678. The van der Waals surface area contributed by atoms with Gasteiger partial charge in [-0.2, -0.15) is 0 Å². The number of aryl methyl sites for hydroxylation is 2. The second kappa shape index (κ2) is 6.20. The van der Waals surface area contributed by atoms with Crippen LogP contribution in [0.3, 0.4) is 0 Å². The average Bonchev–Trinajstić information content (AvgIpc) is 2.82.